The van der Waals surface area contributed by atoms with Crippen molar-refractivity contribution >= 4 is 27.4 Å². The van der Waals surface area contributed by atoms with E-state index in [0.717, 1.165) is 40.1 Å². The standard InChI is InChI=1S/C26H24N3O/c1-15-17-9-7-8-10-18(17)19(13-26(2,3)4)25-22(15)24-23-20(28-14-29(24)6)11-16(27-5)12-21(23)30-25/h7-12,14H,13H2,1-4,6H3/q+1. The average Bonchev–Trinajstić information content (AvgIpc) is 2.72. The van der Waals surface area contributed by atoms with Gasteiger partial charge in [0.1, 0.15) is 16.9 Å². The molecule has 0 N–H and O–H groups in total. The lowest BCUT2D eigenvalue weighted by Gasteiger charge is -2.28. The van der Waals surface area contributed by atoms with E-state index < -0.39 is 0 Å². The Kier molecular flexibility index (Phi) is 3.88. The van der Waals surface area contributed by atoms with Crippen LogP contribution in [0.2, 0.25) is 0 Å². The van der Waals surface area contributed by atoms with Crippen molar-refractivity contribution in [3.05, 3.63) is 65.3 Å². The van der Waals surface area contributed by atoms with Gasteiger partial charge in [-0.3, -0.25) is 0 Å². The molecule has 0 spiro atoms. The molecule has 1 aliphatic heterocycles. The Bertz CT molecular complexity index is 1400. The highest BCUT2D eigenvalue weighted by Crippen LogP contribution is 2.51. The molecule has 30 heavy (non-hydrogen) atoms. The molecule has 148 valence electrons. The van der Waals surface area contributed by atoms with Gasteiger partial charge >= 0.3 is 0 Å². The Balaban J connectivity index is 1.98. The molecule has 0 atom stereocenters. The third kappa shape index (κ3) is 2.66. The molecule has 0 amide bonds. The number of aryl methyl sites for hydroxylation is 2. The van der Waals surface area contributed by atoms with E-state index in [9.17, 15) is 0 Å². The summed E-state index contributed by atoms with van der Waals surface area (Å²) in [5, 5.41) is 3.46. The summed E-state index contributed by atoms with van der Waals surface area (Å²) >= 11 is 0. The van der Waals surface area contributed by atoms with E-state index in [1.165, 1.54) is 21.9 Å². The second-order valence-electron chi connectivity index (χ2n) is 9.35. The lowest BCUT2D eigenvalue weighted by atomic mass is 9.82. The van der Waals surface area contributed by atoms with Crippen LogP contribution >= 0.6 is 0 Å². The normalized spacial score (nSPS) is 12.5. The summed E-state index contributed by atoms with van der Waals surface area (Å²) in [6.07, 6.45) is 2.73. The van der Waals surface area contributed by atoms with Gasteiger partial charge in [-0.2, -0.15) is 0 Å². The molecule has 2 heterocycles. The molecule has 4 nitrogen and oxygen atoms in total. The zero-order valence-corrected chi connectivity index (χ0v) is 18.0. The van der Waals surface area contributed by atoms with Crippen LogP contribution in [0, 0.1) is 18.9 Å². The predicted molar refractivity (Wildman–Crippen MR) is 120 cm³/mol. The van der Waals surface area contributed by atoms with Crippen LogP contribution in [0.4, 0.5) is 5.69 Å². The highest BCUT2D eigenvalue weighted by atomic mass is 16.5. The van der Waals surface area contributed by atoms with Gasteiger partial charge in [-0.15, -0.1) is 0 Å². The van der Waals surface area contributed by atoms with Crippen LogP contribution in [0.3, 0.4) is 0 Å². The molecule has 0 saturated carbocycles. The first-order valence-electron chi connectivity index (χ1n) is 10.2. The maximum Gasteiger partial charge on any atom is 0.287 e. The largest absolute Gasteiger partial charge is 0.457 e. The first-order valence-corrected chi connectivity index (χ1v) is 10.2. The minimum Gasteiger partial charge on any atom is -0.457 e. The van der Waals surface area contributed by atoms with E-state index in [2.05, 4.69) is 66.4 Å². The zero-order chi connectivity index (χ0) is 21.2. The molecule has 1 aromatic heterocycles. The van der Waals surface area contributed by atoms with Gasteiger partial charge in [-0.05, 0) is 52.2 Å². The molecular weight excluding hydrogens is 370 g/mol. The number of nitrogens with zero attached hydrogens (tertiary/aromatic N) is 3. The van der Waals surface area contributed by atoms with Gasteiger partial charge in [0.25, 0.3) is 6.33 Å². The Morgan fingerprint density at radius 2 is 1.87 bits per heavy atom. The van der Waals surface area contributed by atoms with Crippen molar-refractivity contribution in [2.45, 2.75) is 34.1 Å². The van der Waals surface area contributed by atoms with Crippen LogP contribution in [-0.4, -0.2) is 4.98 Å². The van der Waals surface area contributed by atoms with E-state index in [-0.39, 0.29) is 5.41 Å². The smallest absolute Gasteiger partial charge is 0.287 e. The van der Waals surface area contributed by atoms with E-state index in [0.29, 0.717) is 5.69 Å². The van der Waals surface area contributed by atoms with Crippen molar-refractivity contribution in [3.8, 4) is 22.8 Å². The van der Waals surface area contributed by atoms with Gasteiger partial charge < -0.3 is 4.74 Å². The number of rotatable bonds is 1. The SMILES string of the molecule is [C-]#[N+]c1cc2c3c([n+](C)cnc3c1)-c1c(c(CC(C)(C)C)c3ccccc3c1C)O2. The first kappa shape index (κ1) is 18.6. The Morgan fingerprint density at radius 3 is 2.57 bits per heavy atom. The fourth-order valence-corrected chi connectivity index (χ4v) is 4.62. The van der Waals surface area contributed by atoms with Crippen molar-refractivity contribution in [2.24, 2.45) is 12.5 Å². The summed E-state index contributed by atoms with van der Waals surface area (Å²) in [6.45, 7) is 16.4. The maximum absolute atomic E-state index is 7.49. The molecule has 0 radical (unpaired) electrons. The molecule has 0 fully saturated rings. The highest BCUT2D eigenvalue weighted by Gasteiger charge is 2.33. The summed E-state index contributed by atoms with van der Waals surface area (Å²) < 4.78 is 8.69. The first-order chi connectivity index (χ1) is 14.3. The third-order valence-corrected chi connectivity index (χ3v) is 5.84. The van der Waals surface area contributed by atoms with E-state index in [4.69, 9.17) is 11.3 Å². The predicted octanol–water partition coefficient (Wildman–Crippen LogP) is 6.43. The highest BCUT2D eigenvalue weighted by molar-refractivity contribution is 6.06. The second kappa shape index (κ2) is 6.27. The number of benzene rings is 3. The number of ether oxygens (including phenoxy) is 1. The van der Waals surface area contributed by atoms with E-state index in [1.807, 2.05) is 25.5 Å². The molecule has 4 aromatic rings. The fraction of sp³-hybridized carbons (Fsp3) is 0.269. The molecular formula is C26H24N3O+. The van der Waals surface area contributed by atoms with Crippen molar-refractivity contribution in [1.82, 2.24) is 4.98 Å². The Labute approximate surface area is 176 Å². The lowest BCUT2D eigenvalue weighted by molar-refractivity contribution is -0.662. The van der Waals surface area contributed by atoms with Crippen molar-refractivity contribution < 1.29 is 9.30 Å². The van der Waals surface area contributed by atoms with Crippen molar-refractivity contribution in [3.63, 3.8) is 0 Å². The van der Waals surface area contributed by atoms with Gasteiger partial charge in [0.2, 0.25) is 0 Å². The third-order valence-electron chi connectivity index (χ3n) is 5.84. The average molecular weight is 394 g/mol. The van der Waals surface area contributed by atoms with Gasteiger partial charge in [-0.25, -0.2) is 9.41 Å². The quantitative estimate of drug-likeness (QED) is 0.242. The van der Waals surface area contributed by atoms with Crippen molar-refractivity contribution in [1.29, 1.82) is 0 Å². The molecule has 0 aliphatic carbocycles. The van der Waals surface area contributed by atoms with Gasteiger partial charge in [0.05, 0.1) is 19.2 Å². The van der Waals surface area contributed by atoms with Crippen molar-refractivity contribution in [2.75, 3.05) is 0 Å². The minimum atomic E-state index is 0.101. The van der Waals surface area contributed by atoms with Crippen LogP contribution in [0.15, 0.2) is 42.7 Å². The molecule has 0 unspecified atom stereocenters. The van der Waals surface area contributed by atoms with Crippen LogP contribution in [0.25, 0.3) is 37.8 Å². The monoisotopic (exact) mass is 394 g/mol. The summed E-state index contributed by atoms with van der Waals surface area (Å²) in [5.74, 6) is 1.63. The van der Waals surface area contributed by atoms with Crippen LogP contribution < -0.4 is 9.30 Å². The number of fused-ring (bicyclic) bond motifs is 3. The van der Waals surface area contributed by atoms with E-state index in [1.54, 1.807) is 0 Å². The summed E-state index contributed by atoms with van der Waals surface area (Å²) in [4.78, 5) is 8.21. The molecule has 0 saturated heterocycles. The fourth-order valence-electron chi connectivity index (χ4n) is 4.62. The van der Waals surface area contributed by atoms with E-state index >= 15 is 0 Å². The summed E-state index contributed by atoms with van der Waals surface area (Å²) in [6, 6.07) is 12.3. The Hall–Kier alpha value is -3.45. The Morgan fingerprint density at radius 1 is 1.13 bits per heavy atom. The summed E-state index contributed by atoms with van der Waals surface area (Å²) in [5.41, 5.74) is 6.11. The van der Waals surface area contributed by atoms with Gasteiger partial charge in [0.15, 0.2) is 16.9 Å². The van der Waals surface area contributed by atoms with Crippen LogP contribution in [0.5, 0.6) is 11.5 Å². The zero-order valence-electron chi connectivity index (χ0n) is 18.0. The lowest BCUT2D eigenvalue weighted by Crippen LogP contribution is -2.33. The maximum atomic E-state index is 7.49. The van der Waals surface area contributed by atoms with Gasteiger partial charge in [-0.1, -0.05) is 45.0 Å². The number of aromatic nitrogens is 2. The molecule has 4 heteroatoms. The summed E-state index contributed by atoms with van der Waals surface area (Å²) in [7, 11) is 2.03. The molecule has 1 aliphatic rings. The molecule has 3 aromatic carbocycles. The topological polar surface area (TPSA) is 30.4 Å². The number of hydrogen-bond donors (Lipinski definition) is 0. The van der Waals surface area contributed by atoms with Gasteiger partial charge in [0, 0.05) is 5.56 Å². The van der Waals surface area contributed by atoms with Crippen LogP contribution in [0.1, 0.15) is 31.9 Å². The number of hydrogen-bond acceptors (Lipinski definition) is 2. The minimum absolute atomic E-state index is 0.101. The van der Waals surface area contributed by atoms with Crippen LogP contribution in [-0.2, 0) is 13.5 Å². The molecule has 5 rings (SSSR count). The molecule has 0 bridgehead atoms. The second-order valence-corrected chi connectivity index (χ2v) is 9.35.